The van der Waals surface area contributed by atoms with Crippen LogP contribution >= 0.6 is 0 Å². The molecule has 1 fully saturated rings. The Morgan fingerprint density at radius 2 is 1.75 bits per heavy atom. The molecule has 3 unspecified atom stereocenters. The highest BCUT2D eigenvalue weighted by Crippen LogP contribution is 2.47. The van der Waals surface area contributed by atoms with Gasteiger partial charge in [0.15, 0.2) is 0 Å². The van der Waals surface area contributed by atoms with Crippen LogP contribution in [-0.2, 0) is 12.8 Å². The summed E-state index contributed by atoms with van der Waals surface area (Å²) in [5, 5.41) is 3.94. The van der Waals surface area contributed by atoms with Gasteiger partial charge >= 0.3 is 0 Å². The van der Waals surface area contributed by atoms with E-state index < -0.39 is 0 Å². The summed E-state index contributed by atoms with van der Waals surface area (Å²) in [7, 11) is 0. The molecule has 1 aromatic rings. The van der Waals surface area contributed by atoms with Gasteiger partial charge in [0, 0.05) is 18.1 Å². The first-order valence-electron chi connectivity index (χ1n) is 8.24. The van der Waals surface area contributed by atoms with E-state index >= 15 is 0 Å². The number of hydrogen-bond donors (Lipinski definition) is 2. The molecule has 0 heterocycles. The van der Waals surface area contributed by atoms with Crippen LogP contribution < -0.4 is 11.1 Å². The number of nitrogens with one attached hydrogen (secondary N) is 1. The lowest BCUT2D eigenvalue weighted by Gasteiger charge is -2.41. The molecule has 3 N–H and O–H groups in total. The minimum Gasteiger partial charge on any atom is -0.329 e. The van der Waals surface area contributed by atoms with Crippen LogP contribution in [-0.4, -0.2) is 18.1 Å². The molecule has 0 radical (unpaired) electrons. The second-order valence-corrected chi connectivity index (χ2v) is 6.85. The van der Waals surface area contributed by atoms with Crippen molar-refractivity contribution in [3.05, 3.63) is 35.4 Å². The Labute approximate surface area is 123 Å². The van der Waals surface area contributed by atoms with Gasteiger partial charge in [-0.3, -0.25) is 0 Å². The molecule has 1 aromatic carbocycles. The fraction of sp³-hybridized carbons (Fsp3) is 0.667. The first kappa shape index (κ1) is 14.1. The van der Waals surface area contributed by atoms with E-state index in [1.54, 1.807) is 11.1 Å². The van der Waals surface area contributed by atoms with Gasteiger partial charge in [0.2, 0.25) is 0 Å². The van der Waals surface area contributed by atoms with Gasteiger partial charge in [0.25, 0.3) is 0 Å². The molecule has 110 valence electrons. The third kappa shape index (κ3) is 2.19. The van der Waals surface area contributed by atoms with Gasteiger partial charge in [-0.1, -0.05) is 31.2 Å². The summed E-state index contributed by atoms with van der Waals surface area (Å²) in [6.45, 7) is 5.34. The van der Waals surface area contributed by atoms with Crippen molar-refractivity contribution in [2.24, 2.45) is 17.6 Å². The van der Waals surface area contributed by atoms with Crippen molar-refractivity contribution in [3.63, 3.8) is 0 Å². The molecular weight excluding hydrogens is 244 g/mol. The molecule has 3 atom stereocenters. The van der Waals surface area contributed by atoms with E-state index in [4.69, 9.17) is 5.73 Å². The summed E-state index contributed by atoms with van der Waals surface area (Å²) >= 11 is 0. The average Bonchev–Trinajstić information content (AvgIpc) is 2.70. The number of hydrogen-bond acceptors (Lipinski definition) is 2. The standard InChI is InChI=1S/C18H28N2/c1-3-13(2)20-18(12-19)16-8-9-17(18)11-15-7-5-4-6-14(15)10-16/h4-7,13,16-17,20H,3,8-12,19H2,1-2H3. The highest BCUT2D eigenvalue weighted by atomic mass is 15.1. The van der Waals surface area contributed by atoms with Crippen LogP contribution in [0.3, 0.4) is 0 Å². The number of nitrogens with two attached hydrogens (primary N) is 1. The topological polar surface area (TPSA) is 38.0 Å². The predicted octanol–water partition coefficient (Wildman–Crippen LogP) is 2.90. The van der Waals surface area contributed by atoms with Crippen molar-refractivity contribution < 1.29 is 0 Å². The van der Waals surface area contributed by atoms with E-state index in [0.717, 1.165) is 6.54 Å². The normalized spacial score (nSPS) is 33.5. The Morgan fingerprint density at radius 3 is 2.20 bits per heavy atom. The molecule has 1 saturated carbocycles. The van der Waals surface area contributed by atoms with Crippen molar-refractivity contribution >= 4 is 0 Å². The SMILES string of the molecule is CCC(C)NC1(CN)C2CCC1Cc1ccccc1C2. The summed E-state index contributed by atoms with van der Waals surface area (Å²) in [5.41, 5.74) is 9.58. The van der Waals surface area contributed by atoms with E-state index in [9.17, 15) is 0 Å². The lowest BCUT2D eigenvalue weighted by molar-refractivity contribution is 0.174. The maximum atomic E-state index is 6.30. The number of benzene rings is 1. The smallest absolute Gasteiger partial charge is 0.0369 e. The molecule has 20 heavy (non-hydrogen) atoms. The largest absolute Gasteiger partial charge is 0.329 e. The van der Waals surface area contributed by atoms with E-state index in [1.807, 2.05) is 0 Å². The van der Waals surface area contributed by atoms with Gasteiger partial charge in [0.1, 0.15) is 0 Å². The predicted molar refractivity (Wildman–Crippen MR) is 84.7 cm³/mol. The fourth-order valence-corrected chi connectivity index (χ4v) is 4.49. The Kier molecular flexibility index (Phi) is 3.87. The molecular formula is C18H28N2. The fourth-order valence-electron chi connectivity index (χ4n) is 4.49. The van der Waals surface area contributed by atoms with Crippen LogP contribution in [0.4, 0.5) is 0 Å². The monoisotopic (exact) mass is 272 g/mol. The van der Waals surface area contributed by atoms with Crippen LogP contribution in [0.25, 0.3) is 0 Å². The van der Waals surface area contributed by atoms with Gasteiger partial charge in [-0.25, -0.2) is 0 Å². The molecule has 0 amide bonds. The number of rotatable bonds is 4. The summed E-state index contributed by atoms with van der Waals surface area (Å²) in [6.07, 6.45) is 6.24. The Balaban J connectivity index is 1.94. The van der Waals surface area contributed by atoms with E-state index in [1.165, 1.54) is 32.1 Å². The Hall–Kier alpha value is -0.860. The van der Waals surface area contributed by atoms with Crippen LogP contribution in [0, 0.1) is 11.8 Å². The van der Waals surface area contributed by atoms with Crippen LogP contribution in [0.15, 0.2) is 24.3 Å². The lowest BCUT2D eigenvalue weighted by Crippen LogP contribution is -2.60. The zero-order valence-electron chi connectivity index (χ0n) is 12.9. The van der Waals surface area contributed by atoms with Gasteiger partial charge < -0.3 is 11.1 Å². The molecule has 0 aromatic heterocycles. The van der Waals surface area contributed by atoms with Crippen LogP contribution in [0.5, 0.6) is 0 Å². The first-order chi connectivity index (χ1) is 9.69. The molecule has 0 spiro atoms. The molecule has 2 heteroatoms. The molecule has 2 aliphatic rings. The van der Waals surface area contributed by atoms with Gasteiger partial charge in [-0.2, -0.15) is 0 Å². The van der Waals surface area contributed by atoms with Crippen molar-refractivity contribution in [3.8, 4) is 0 Å². The third-order valence-corrected chi connectivity index (χ3v) is 5.84. The van der Waals surface area contributed by atoms with Crippen molar-refractivity contribution in [2.75, 3.05) is 6.54 Å². The van der Waals surface area contributed by atoms with Gasteiger partial charge in [-0.05, 0) is 62.0 Å². The summed E-state index contributed by atoms with van der Waals surface area (Å²) in [5.74, 6) is 1.41. The van der Waals surface area contributed by atoms with Crippen LogP contribution in [0.2, 0.25) is 0 Å². The zero-order chi connectivity index (χ0) is 14.2. The molecule has 0 saturated heterocycles. The van der Waals surface area contributed by atoms with Gasteiger partial charge in [-0.15, -0.1) is 0 Å². The summed E-state index contributed by atoms with van der Waals surface area (Å²) < 4.78 is 0. The van der Waals surface area contributed by atoms with Crippen molar-refractivity contribution in [1.29, 1.82) is 0 Å². The quantitative estimate of drug-likeness (QED) is 0.884. The number of fused-ring (bicyclic) bond motifs is 3. The first-order valence-corrected chi connectivity index (χ1v) is 8.24. The maximum Gasteiger partial charge on any atom is 0.0369 e. The van der Waals surface area contributed by atoms with E-state index in [2.05, 4.69) is 43.4 Å². The Morgan fingerprint density at radius 1 is 1.20 bits per heavy atom. The third-order valence-electron chi connectivity index (χ3n) is 5.84. The lowest BCUT2D eigenvalue weighted by atomic mass is 9.78. The minimum absolute atomic E-state index is 0.161. The van der Waals surface area contributed by atoms with Crippen molar-refractivity contribution in [2.45, 2.75) is 57.5 Å². The van der Waals surface area contributed by atoms with Gasteiger partial charge in [0.05, 0.1) is 0 Å². The maximum absolute atomic E-state index is 6.30. The second-order valence-electron chi connectivity index (χ2n) is 6.85. The summed E-state index contributed by atoms with van der Waals surface area (Å²) in [6, 6.07) is 9.57. The molecule has 2 aliphatic carbocycles. The van der Waals surface area contributed by atoms with Crippen LogP contribution in [0.1, 0.15) is 44.2 Å². The Bertz CT molecular complexity index is 435. The molecule has 0 aliphatic heterocycles. The van der Waals surface area contributed by atoms with E-state index in [0.29, 0.717) is 17.9 Å². The minimum atomic E-state index is 0.161. The highest BCUT2D eigenvalue weighted by molar-refractivity contribution is 5.32. The molecule has 2 bridgehead atoms. The zero-order valence-corrected chi connectivity index (χ0v) is 12.9. The second kappa shape index (κ2) is 5.50. The molecule has 2 nitrogen and oxygen atoms in total. The summed E-state index contributed by atoms with van der Waals surface area (Å²) in [4.78, 5) is 0. The highest BCUT2D eigenvalue weighted by Gasteiger charge is 2.50. The average molecular weight is 272 g/mol. The molecule has 3 rings (SSSR count). The van der Waals surface area contributed by atoms with E-state index in [-0.39, 0.29) is 5.54 Å². The van der Waals surface area contributed by atoms with Crippen molar-refractivity contribution in [1.82, 2.24) is 5.32 Å².